The molecule has 0 atom stereocenters. The maximum Gasteiger partial charge on any atom is 0.255 e. The van der Waals surface area contributed by atoms with E-state index in [1.54, 1.807) is 97.1 Å². The topological polar surface area (TPSA) is 87.3 Å². The van der Waals surface area contributed by atoms with Gasteiger partial charge in [0.1, 0.15) is 0 Å². The van der Waals surface area contributed by atoms with Gasteiger partial charge in [-0.25, -0.2) is 0 Å². The molecule has 0 radical (unpaired) electrons. The summed E-state index contributed by atoms with van der Waals surface area (Å²) >= 11 is 0. The van der Waals surface area contributed by atoms with E-state index < -0.39 is 0 Å². The molecule has 0 saturated carbocycles. The molecule has 6 nitrogen and oxygen atoms in total. The molecule has 0 aliphatic carbocycles. The highest BCUT2D eigenvalue weighted by molar-refractivity contribution is 6.07. The summed E-state index contributed by atoms with van der Waals surface area (Å²) in [4.78, 5) is 37.2. The molecule has 0 bridgehead atoms. The second kappa shape index (κ2) is 10.1. The van der Waals surface area contributed by atoms with Gasteiger partial charge in [-0.05, 0) is 66.7 Å². The first-order chi connectivity index (χ1) is 16.1. The Morgan fingerprint density at radius 3 is 1.24 bits per heavy atom. The first kappa shape index (κ1) is 21.5. The lowest BCUT2D eigenvalue weighted by Gasteiger charge is -2.10. The van der Waals surface area contributed by atoms with Gasteiger partial charge in [-0.15, -0.1) is 0 Å². The molecule has 0 heterocycles. The minimum absolute atomic E-state index is 0.220. The lowest BCUT2D eigenvalue weighted by Crippen LogP contribution is -2.14. The molecule has 0 fully saturated rings. The van der Waals surface area contributed by atoms with Crippen molar-refractivity contribution in [3.05, 3.63) is 126 Å². The molecule has 0 aliphatic heterocycles. The Bertz CT molecular complexity index is 1270. The van der Waals surface area contributed by atoms with Crippen molar-refractivity contribution in [1.82, 2.24) is 0 Å². The van der Waals surface area contributed by atoms with Gasteiger partial charge in [-0.3, -0.25) is 14.4 Å². The monoisotopic (exact) mass is 435 g/mol. The second-order valence-electron chi connectivity index (χ2n) is 7.25. The number of carbonyl (C=O) groups is 3. The van der Waals surface area contributed by atoms with Crippen LogP contribution in [0.1, 0.15) is 31.1 Å². The van der Waals surface area contributed by atoms with Crippen molar-refractivity contribution in [3.8, 4) is 0 Å². The average molecular weight is 435 g/mol. The molecule has 6 heteroatoms. The number of amides is 3. The lowest BCUT2D eigenvalue weighted by molar-refractivity contribution is 0.101. The zero-order valence-electron chi connectivity index (χ0n) is 17.6. The smallest absolute Gasteiger partial charge is 0.255 e. The van der Waals surface area contributed by atoms with E-state index in [0.717, 1.165) is 0 Å². The highest BCUT2D eigenvalue weighted by Gasteiger charge is 2.10. The normalized spacial score (nSPS) is 10.2. The molecule has 3 amide bonds. The molecule has 3 N–H and O–H groups in total. The molecule has 0 spiro atoms. The molecule has 4 rings (SSSR count). The molecule has 0 aliphatic rings. The third-order valence-corrected chi connectivity index (χ3v) is 4.86. The van der Waals surface area contributed by atoms with Gasteiger partial charge in [0, 0.05) is 33.8 Å². The second-order valence-corrected chi connectivity index (χ2v) is 7.25. The molecule has 0 saturated heterocycles. The summed E-state index contributed by atoms with van der Waals surface area (Å²) in [7, 11) is 0. The summed E-state index contributed by atoms with van der Waals surface area (Å²) in [5.74, 6) is -0.753. The Hall–Kier alpha value is -4.71. The van der Waals surface area contributed by atoms with Crippen LogP contribution >= 0.6 is 0 Å². The Labute approximate surface area is 191 Å². The van der Waals surface area contributed by atoms with Crippen molar-refractivity contribution < 1.29 is 14.4 Å². The Balaban J connectivity index is 1.37. The van der Waals surface area contributed by atoms with E-state index in [1.807, 2.05) is 12.1 Å². The molecule has 0 aromatic heterocycles. The van der Waals surface area contributed by atoms with Crippen molar-refractivity contribution in [2.45, 2.75) is 0 Å². The van der Waals surface area contributed by atoms with E-state index in [-0.39, 0.29) is 17.7 Å². The number of anilines is 3. The van der Waals surface area contributed by atoms with Gasteiger partial charge in [0.05, 0.1) is 0 Å². The van der Waals surface area contributed by atoms with Crippen LogP contribution in [0.15, 0.2) is 109 Å². The quantitative estimate of drug-likeness (QED) is 0.377. The highest BCUT2D eigenvalue weighted by atomic mass is 16.2. The van der Waals surface area contributed by atoms with Crippen LogP contribution in [-0.4, -0.2) is 17.7 Å². The van der Waals surface area contributed by atoms with E-state index in [4.69, 9.17) is 0 Å². The van der Waals surface area contributed by atoms with Crippen LogP contribution in [0.4, 0.5) is 17.1 Å². The molecule has 33 heavy (non-hydrogen) atoms. The van der Waals surface area contributed by atoms with Crippen LogP contribution in [-0.2, 0) is 0 Å². The molecular formula is C27H21N3O3. The van der Waals surface area contributed by atoms with E-state index in [9.17, 15) is 14.4 Å². The Morgan fingerprint density at radius 1 is 0.394 bits per heavy atom. The lowest BCUT2D eigenvalue weighted by atomic mass is 10.1. The van der Waals surface area contributed by atoms with Crippen LogP contribution in [0, 0.1) is 0 Å². The molecular weight excluding hydrogens is 414 g/mol. The summed E-state index contributed by atoms with van der Waals surface area (Å²) in [6, 6.07) is 31.3. The number of carbonyl (C=O) groups excluding carboxylic acids is 3. The summed E-state index contributed by atoms with van der Waals surface area (Å²) in [5.41, 5.74) is 3.25. The zero-order valence-corrected chi connectivity index (χ0v) is 17.6. The van der Waals surface area contributed by atoms with Crippen LogP contribution in [0.25, 0.3) is 0 Å². The van der Waals surface area contributed by atoms with Gasteiger partial charge >= 0.3 is 0 Å². The number of hydrogen-bond acceptors (Lipinski definition) is 3. The van der Waals surface area contributed by atoms with Gasteiger partial charge in [-0.1, -0.05) is 42.5 Å². The van der Waals surface area contributed by atoms with Crippen LogP contribution < -0.4 is 16.0 Å². The highest BCUT2D eigenvalue weighted by Crippen LogP contribution is 2.18. The fourth-order valence-electron chi connectivity index (χ4n) is 3.17. The van der Waals surface area contributed by atoms with Crippen molar-refractivity contribution in [2.24, 2.45) is 0 Å². The summed E-state index contributed by atoms with van der Waals surface area (Å²) in [6.07, 6.45) is 0. The number of hydrogen-bond donors (Lipinski definition) is 3. The standard InChI is InChI=1S/C27H21N3O3/c31-25(19-8-3-1-4-9-19)28-22-16-14-21(15-17-22)27(33)30-24-13-7-12-23(18-24)29-26(32)20-10-5-2-6-11-20/h1-18H,(H,28,31)(H,29,32)(H,30,33). The van der Waals surface area contributed by atoms with Crippen LogP contribution in [0.3, 0.4) is 0 Å². The maximum absolute atomic E-state index is 12.6. The Morgan fingerprint density at radius 2 is 0.788 bits per heavy atom. The minimum atomic E-state index is -0.303. The van der Waals surface area contributed by atoms with Gasteiger partial charge < -0.3 is 16.0 Å². The van der Waals surface area contributed by atoms with Crippen LogP contribution in [0.2, 0.25) is 0 Å². The number of benzene rings is 4. The number of rotatable bonds is 6. The summed E-state index contributed by atoms with van der Waals surface area (Å²) in [6.45, 7) is 0. The van der Waals surface area contributed by atoms with E-state index >= 15 is 0 Å². The molecule has 162 valence electrons. The van der Waals surface area contributed by atoms with E-state index in [1.165, 1.54) is 0 Å². The molecule has 0 unspecified atom stereocenters. The minimum Gasteiger partial charge on any atom is -0.322 e. The predicted molar refractivity (Wildman–Crippen MR) is 130 cm³/mol. The largest absolute Gasteiger partial charge is 0.322 e. The SMILES string of the molecule is O=C(Nc1ccc(C(=O)Nc2cccc(NC(=O)c3ccccc3)c2)cc1)c1ccccc1. The first-order valence-corrected chi connectivity index (χ1v) is 10.3. The fourth-order valence-corrected chi connectivity index (χ4v) is 3.17. The summed E-state index contributed by atoms with van der Waals surface area (Å²) < 4.78 is 0. The van der Waals surface area contributed by atoms with Crippen LogP contribution in [0.5, 0.6) is 0 Å². The first-order valence-electron chi connectivity index (χ1n) is 10.3. The van der Waals surface area contributed by atoms with Crippen molar-refractivity contribution in [1.29, 1.82) is 0 Å². The van der Waals surface area contributed by atoms with Crippen molar-refractivity contribution in [3.63, 3.8) is 0 Å². The third-order valence-electron chi connectivity index (χ3n) is 4.86. The van der Waals surface area contributed by atoms with Gasteiger partial charge in [0.25, 0.3) is 17.7 Å². The van der Waals surface area contributed by atoms with Gasteiger partial charge in [-0.2, -0.15) is 0 Å². The molecule has 4 aromatic carbocycles. The van der Waals surface area contributed by atoms with E-state index in [0.29, 0.717) is 33.8 Å². The van der Waals surface area contributed by atoms with Crippen molar-refractivity contribution >= 4 is 34.8 Å². The van der Waals surface area contributed by atoms with E-state index in [2.05, 4.69) is 16.0 Å². The Kier molecular flexibility index (Phi) is 6.56. The predicted octanol–water partition coefficient (Wildman–Crippen LogP) is 5.44. The maximum atomic E-state index is 12.6. The third kappa shape index (κ3) is 5.71. The number of nitrogens with one attached hydrogen (secondary N) is 3. The zero-order chi connectivity index (χ0) is 23.0. The fraction of sp³-hybridized carbons (Fsp3) is 0. The molecule has 4 aromatic rings. The van der Waals surface area contributed by atoms with Gasteiger partial charge in [0.2, 0.25) is 0 Å². The summed E-state index contributed by atoms with van der Waals surface area (Å²) in [5, 5.41) is 8.44. The van der Waals surface area contributed by atoms with Crippen molar-refractivity contribution in [2.75, 3.05) is 16.0 Å². The van der Waals surface area contributed by atoms with Gasteiger partial charge in [0.15, 0.2) is 0 Å². The average Bonchev–Trinajstić information content (AvgIpc) is 2.85.